The van der Waals surface area contributed by atoms with Gasteiger partial charge in [-0.1, -0.05) is 5.16 Å². The molecule has 1 aliphatic rings. The van der Waals surface area contributed by atoms with Gasteiger partial charge in [0.2, 0.25) is 0 Å². The Morgan fingerprint density at radius 2 is 1.86 bits per heavy atom. The number of carbonyl (C=O) groups is 1. The Kier molecular flexibility index (Phi) is 4.88. The van der Waals surface area contributed by atoms with Gasteiger partial charge in [-0.2, -0.15) is 0 Å². The van der Waals surface area contributed by atoms with Crippen LogP contribution in [0.15, 0.2) is 23.4 Å². The fourth-order valence-electron chi connectivity index (χ4n) is 2.82. The molecule has 114 valence electrons. The van der Waals surface area contributed by atoms with Crippen molar-refractivity contribution < 1.29 is 23.5 Å². The fourth-order valence-corrected chi connectivity index (χ4v) is 2.82. The van der Waals surface area contributed by atoms with E-state index in [1.807, 2.05) is 0 Å². The van der Waals surface area contributed by atoms with Crippen LogP contribution in [0.2, 0.25) is 0 Å². The molecule has 0 aliphatic heterocycles. The van der Waals surface area contributed by atoms with Crippen molar-refractivity contribution in [3.8, 4) is 0 Å². The molecule has 0 unspecified atom stereocenters. The van der Waals surface area contributed by atoms with Crippen molar-refractivity contribution in [3.63, 3.8) is 0 Å². The number of halogens is 2. The number of esters is 1. The van der Waals surface area contributed by atoms with Crippen LogP contribution in [-0.2, 0) is 9.53 Å². The minimum absolute atomic E-state index is 0.0287. The number of rotatable bonds is 3. The number of hydrogen-bond acceptors (Lipinski definition) is 4. The highest BCUT2D eigenvalue weighted by Gasteiger charge is 2.31. The van der Waals surface area contributed by atoms with E-state index >= 15 is 0 Å². The van der Waals surface area contributed by atoms with Crippen LogP contribution in [0.1, 0.15) is 31.2 Å². The van der Waals surface area contributed by atoms with Crippen LogP contribution in [0, 0.1) is 23.5 Å². The molecule has 0 bridgehead atoms. The first-order valence-corrected chi connectivity index (χ1v) is 6.82. The molecule has 0 atom stereocenters. The highest BCUT2D eigenvalue weighted by atomic mass is 19.1. The Morgan fingerprint density at radius 1 is 1.24 bits per heavy atom. The first-order chi connectivity index (χ1) is 10.1. The number of ether oxygens (including phenoxy) is 1. The van der Waals surface area contributed by atoms with E-state index < -0.39 is 11.6 Å². The zero-order valence-electron chi connectivity index (χ0n) is 11.7. The molecule has 1 aliphatic carbocycles. The quantitative estimate of drug-likeness (QED) is 0.403. The Morgan fingerprint density at radius 3 is 2.43 bits per heavy atom. The highest BCUT2D eigenvalue weighted by Crippen LogP contribution is 2.32. The molecule has 0 heterocycles. The summed E-state index contributed by atoms with van der Waals surface area (Å²) in [6, 6.07) is 3.05. The second-order valence-corrected chi connectivity index (χ2v) is 5.18. The molecule has 0 spiro atoms. The SMILES string of the molecule is COC(=O)C1CCC(/C(=N/O)c2cc(F)ccc2F)CC1. The lowest BCUT2D eigenvalue weighted by Gasteiger charge is -2.27. The summed E-state index contributed by atoms with van der Waals surface area (Å²) in [6.07, 6.45) is 2.28. The van der Waals surface area contributed by atoms with Gasteiger partial charge >= 0.3 is 5.97 Å². The number of nitrogens with zero attached hydrogens (tertiary/aromatic N) is 1. The Labute approximate surface area is 121 Å². The van der Waals surface area contributed by atoms with Crippen molar-refractivity contribution in [2.75, 3.05) is 7.11 Å². The number of benzene rings is 1. The number of hydrogen-bond donors (Lipinski definition) is 1. The number of carbonyl (C=O) groups excluding carboxylic acids is 1. The second-order valence-electron chi connectivity index (χ2n) is 5.18. The van der Waals surface area contributed by atoms with Gasteiger partial charge in [0.05, 0.1) is 18.7 Å². The molecule has 1 fully saturated rings. The molecule has 6 heteroatoms. The fraction of sp³-hybridized carbons (Fsp3) is 0.467. The number of oxime groups is 1. The van der Waals surface area contributed by atoms with Gasteiger partial charge in [-0.15, -0.1) is 0 Å². The summed E-state index contributed by atoms with van der Waals surface area (Å²) in [7, 11) is 1.34. The molecule has 1 saturated carbocycles. The maximum Gasteiger partial charge on any atom is 0.308 e. The van der Waals surface area contributed by atoms with Gasteiger partial charge in [0, 0.05) is 11.5 Å². The minimum atomic E-state index is -0.626. The molecule has 1 N–H and O–H groups in total. The van der Waals surface area contributed by atoms with Crippen LogP contribution >= 0.6 is 0 Å². The van der Waals surface area contributed by atoms with E-state index in [4.69, 9.17) is 4.74 Å². The van der Waals surface area contributed by atoms with E-state index in [-0.39, 0.29) is 29.1 Å². The van der Waals surface area contributed by atoms with Gasteiger partial charge < -0.3 is 9.94 Å². The van der Waals surface area contributed by atoms with Gasteiger partial charge in [0.15, 0.2) is 0 Å². The molecule has 21 heavy (non-hydrogen) atoms. The average molecular weight is 297 g/mol. The summed E-state index contributed by atoms with van der Waals surface area (Å²) in [6.45, 7) is 0. The van der Waals surface area contributed by atoms with Crippen LogP contribution in [0.3, 0.4) is 0 Å². The van der Waals surface area contributed by atoms with Gasteiger partial charge in [-0.05, 0) is 43.9 Å². The van der Waals surface area contributed by atoms with E-state index in [2.05, 4.69) is 5.16 Å². The predicted octanol–water partition coefficient (Wildman–Crippen LogP) is 3.12. The lowest BCUT2D eigenvalue weighted by Crippen LogP contribution is -2.27. The molecular formula is C15H17F2NO3. The van der Waals surface area contributed by atoms with E-state index in [0.29, 0.717) is 25.7 Å². The van der Waals surface area contributed by atoms with Crippen LogP contribution in [0.25, 0.3) is 0 Å². The molecule has 0 amide bonds. The van der Waals surface area contributed by atoms with Gasteiger partial charge in [0.25, 0.3) is 0 Å². The van der Waals surface area contributed by atoms with E-state index in [0.717, 1.165) is 18.2 Å². The third-order valence-electron chi connectivity index (χ3n) is 3.96. The summed E-state index contributed by atoms with van der Waals surface area (Å²) in [4.78, 5) is 11.5. The standard InChI is InChI=1S/C15H17F2NO3/c1-21-15(19)10-4-2-9(3-5-10)14(18-20)12-8-11(16)6-7-13(12)17/h6-10,20H,2-5H2,1H3/b18-14-. The first kappa shape index (κ1) is 15.4. The van der Waals surface area contributed by atoms with Crippen molar-refractivity contribution in [2.24, 2.45) is 17.0 Å². The monoisotopic (exact) mass is 297 g/mol. The van der Waals surface area contributed by atoms with Gasteiger partial charge in [0.1, 0.15) is 11.6 Å². The predicted molar refractivity (Wildman–Crippen MR) is 72.1 cm³/mol. The van der Waals surface area contributed by atoms with Gasteiger partial charge in [-0.3, -0.25) is 4.79 Å². The van der Waals surface area contributed by atoms with E-state index in [1.165, 1.54) is 7.11 Å². The summed E-state index contributed by atoms with van der Waals surface area (Å²) >= 11 is 0. The highest BCUT2D eigenvalue weighted by molar-refractivity contribution is 6.02. The van der Waals surface area contributed by atoms with E-state index in [9.17, 15) is 18.8 Å². The van der Waals surface area contributed by atoms with Crippen molar-refractivity contribution in [2.45, 2.75) is 25.7 Å². The summed E-state index contributed by atoms with van der Waals surface area (Å²) in [5.41, 5.74) is 0.106. The van der Waals surface area contributed by atoms with Crippen LogP contribution < -0.4 is 0 Å². The van der Waals surface area contributed by atoms with Crippen molar-refractivity contribution in [3.05, 3.63) is 35.4 Å². The normalized spacial score (nSPS) is 22.9. The van der Waals surface area contributed by atoms with Crippen molar-refractivity contribution in [1.82, 2.24) is 0 Å². The zero-order chi connectivity index (χ0) is 15.4. The Bertz CT molecular complexity index is 552. The molecule has 0 radical (unpaired) electrons. The van der Waals surface area contributed by atoms with Crippen molar-refractivity contribution in [1.29, 1.82) is 0 Å². The van der Waals surface area contributed by atoms with Crippen LogP contribution in [0.5, 0.6) is 0 Å². The Hall–Kier alpha value is -1.98. The third kappa shape index (κ3) is 3.37. The van der Waals surface area contributed by atoms with Gasteiger partial charge in [-0.25, -0.2) is 8.78 Å². The van der Waals surface area contributed by atoms with E-state index in [1.54, 1.807) is 0 Å². The summed E-state index contributed by atoms with van der Waals surface area (Å²) in [5.74, 6) is -1.85. The molecule has 0 saturated heterocycles. The Balaban J connectivity index is 2.14. The molecule has 1 aromatic rings. The maximum absolute atomic E-state index is 13.8. The second kappa shape index (κ2) is 6.65. The largest absolute Gasteiger partial charge is 0.469 e. The lowest BCUT2D eigenvalue weighted by molar-refractivity contribution is -0.146. The lowest BCUT2D eigenvalue weighted by atomic mass is 9.78. The maximum atomic E-state index is 13.8. The van der Waals surface area contributed by atoms with Crippen molar-refractivity contribution >= 4 is 11.7 Å². The van der Waals surface area contributed by atoms with Crippen LogP contribution in [-0.4, -0.2) is 24.0 Å². The third-order valence-corrected chi connectivity index (χ3v) is 3.96. The summed E-state index contributed by atoms with van der Waals surface area (Å²) in [5, 5.41) is 12.3. The first-order valence-electron chi connectivity index (χ1n) is 6.82. The molecule has 4 nitrogen and oxygen atoms in total. The zero-order valence-corrected chi connectivity index (χ0v) is 11.7. The average Bonchev–Trinajstić information content (AvgIpc) is 2.51. The van der Waals surface area contributed by atoms with Crippen LogP contribution in [0.4, 0.5) is 8.78 Å². The molecule has 0 aromatic heterocycles. The molecule has 1 aromatic carbocycles. The molecular weight excluding hydrogens is 280 g/mol. The topological polar surface area (TPSA) is 58.9 Å². The minimum Gasteiger partial charge on any atom is -0.469 e. The smallest absolute Gasteiger partial charge is 0.308 e. The summed E-state index contributed by atoms with van der Waals surface area (Å²) < 4.78 is 31.8. The molecule has 2 rings (SSSR count). The number of methoxy groups -OCH3 is 1.